The van der Waals surface area contributed by atoms with E-state index in [0.717, 1.165) is 5.52 Å². The van der Waals surface area contributed by atoms with Gasteiger partial charge < -0.3 is 4.74 Å². The summed E-state index contributed by atoms with van der Waals surface area (Å²) in [5.74, 6) is 1.73. The molecule has 2 heterocycles. The molecule has 0 spiro atoms. The van der Waals surface area contributed by atoms with Crippen LogP contribution in [0.5, 0.6) is 5.75 Å². The molecule has 2 aromatic carbocycles. The van der Waals surface area contributed by atoms with Crippen molar-refractivity contribution in [3.63, 3.8) is 0 Å². The van der Waals surface area contributed by atoms with Gasteiger partial charge in [0.25, 0.3) is 5.56 Å². The molecule has 0 saturated heterocycles. The van der Waals surface area contributed by atoms with E-state index in [1.54, 1.807) is 34.9 Å². The van der Waals surface area contributed by atoms with Gasteiger partial charge in [-0.1, -0.05) is 12.1 Å². The first-order valence-electron chi connectivity index (χ1n) is 8.21. The summed E-state index contributed by atoms with van der Waals surface area (Å²) in [7, 11) is 0. The summed E-state index contributed by atoms with van der Waals surface area (Å²) in [5.41, 5.74) is 1.24. The highest BCUT2D eigenvalue weighted by Gasteiger charge is 2.15. The van der Waals surface area contributed by atoms with Crippen molar-refractivity contribution in [2.45, 2.75) is 20.1 Å². The zero-order chi connectivity index (χ0) is 18.1. The predicted molar refractivity (Wildman–Crippen MR) is 95.9 cm³/mol. The summed E-state index contributed by atoms with van der Waals surface area (Å²) in [6, 6.07) is 16.3. The van der Waals surface area contributed by atoms with Gasteiger partial charge >= 0.3 is 0 Å². The number of aromatic nitrogens is 4. The minimum Gasteiger partial charge on any atom is -0.486 e. The first kappa shape index (κ1) is 15.8. The Morgan fingerprint density at radius 3 is 2.62 bits per heavy atom. The number of hydrogen-bond acceptors (Lipinski definition) is 5. The number of benzene rings is 2. The summed E-state index contributed by atoms with van der Waals surface area (Å²) >= 11 is 0. The van der Waals surface area contributed by atoms with E-state index in [0.29, 0.717) is 34.8 Å². The molecule has 0 unspecified atom stereocenters. The fourth-order valence-electron chi connectivity index (χ4n) is 2.97. The zero-order valence-electron chi connectivity index (χ0n) is 14.1. The van der Waals surface area contributed by atoms with Crippen LogP contribution in [0.25, 0.3) is 16.7 Å². The van der Waals surface area contributed by atoms with Gasteiger partial charge in [-0.15, -0.1) is 10.2 Å². The fourth-order valence-corrected chi connectivity index (χ4v) is 2.97. The summed E-state index contributed by atoms with van der Waals surface area (Å²) < 4.78 is 9.24. The van der Waals surface area contributed by atoms with E-state index in [4.69, 9.17) is 10.00 Å². The third-order valence-electron chi connectivity index (χ3n) is 4.24. The number of ether oxygens (including phenoxy) is 1. The van der Waals surface area contributed by atoms with Gasteiger partial charge in [0.2, 0.25) is 5.78 Å². The van der Waals surface area contributed by atoms with Crippen molar-refractivity contribution in [2.75, 3.05) is 0 Å². The molecule has 0 N–H and O–H groups in total. The van der Waals surface area contributed by atoms with E-state index in [-0.39, 0.29) is 12.2 Å². The molecule has 4 aromatic rings. The highest BCUT2D eigenvalue weighted by Crippen LogP contribution is 2.17. The Hall–Kier alpha value is -3.66. The smallest absolute Gasteiger partial charge is 0.262 e. The van der Waals surface area contributed by atoms with Crippen LogP contribution >= 0.6 is 0 Å². The molecule has 4 rings (SSSR count). The van der Waals surface area contributed by atoms with Crippen molar-refractivity contribution < 1.29 is 4.74 Å². The van der Waals surface area contributed by atoms with Gasteiger partial charge in [-0.3, -0.25) is 13.8 Å². The number of rotatable bonds is 4. The Labute approximate surface area is 148 Å². The molecule has 7 heteroatoms. The first-order chi connectivity index (χ1) is 12.7. The second-order valence-corrected chi connectivity index (χ2v) is 5.74. The van der Waals surface area contributed by atoms with Crippen LogP contribution in [0.3, 0.4) is 0 Å². The van der Waals surface area contributed by atoms with Crippen LogP contribution in [0.4, 0.5) is 0 Å². The Morgan fingerprint density at radius 2 is 1.88 bits per heavy atom. The molecule has 0 saturated carbocycles. The lowest BCUT2D eigenvalue weighted by Gasteiger charge is -2.10. The number of nitriles is 1. The topological polar surface area (TPSA) is 85.2 Å². The predicted octanol–water partition coefficient (Wildman–Crippen LogP) is 2.51. The maximum absolute atomic E-state index is 12.6. The van der Waals surface area contributed by atoms with Crippen LogP contribution in [0, 0.1) is 11.3 Å². The Morgan fingerprint density at radius 1 is 1.12 bits per heavy atom. The molecular formula is C19H15N5O2. The second kappa shape index (κ2) is 6.33. The third kappa shape index (κ3) is 2.48. The molecular weight excluding hydrogens is 330 g/mol. The number of para-hydroxylation sites is 1. The normalized spacial score (nSPS) is 10.9. The summed E-state index contributed by atoms with van der Waals surface area (Å²) in [6.45, 7) is 2.60. The van der Waals surface area contributed by atoms with Crippen LogP contribution in [-0.4, -0.2) is 19.2 Å². The maximum atomic E-state index is 12.6. The molecule has 2 aromatic heterocycles. The molecule has 0 bridgehead atoms. The number of hydrogen-bond donors (Lipinski definition) is 0. The van der Waals surface area contributed by atoms with Gasteiger partial charge in [0.1, 0.15) is 12.4 Å². The molecule has 0 fully saturated rings. The van der Waals surface area contributed by atoms with E-state index in [1.807, 2.05) is 29.5 Å². The molecule has 0 amide bonds. The van der Waals surface area contributed by atoms with Crippen LogP contribution in [0.2, 0.25) is 0 Å². The summed E-state index contributed by atoms with van der Waals surface area (Å²) in [6.07, 6.45) is 0. The van der Waals surface area contributed by atoms with E-state index >= 15 is 0 Å². The summed E-state index contributed by atoms with van der Waals surface area (Å²) in [4.78, 5) is 12.6. The number of nitrogens with zero attached hydrogens (tertiary/aromatic N) is 5. The average molecular weight is 345 g/mol. The van der Waals surface area contributed by atoms with Crippen LogP contribution in [0.1, 0.15) is 18.3 Å². The van der Waals surface area contributed by atoms with E-state index in [1.165, 1.54) is 0 Å². The van der Waals surface area contributed by atoms with E-state index < -0.39 is 0 Å². The van der Waals surface area contributed by atoms with Crippen LogP contribution in [0.15, 0.2) is 53.3 Å². The zero-order valence-corrected chi connectivity index (χ0v) is 14.1. The largest absolute Gasteiger partial charge is 0.486 e. The van der Waals surface area contributed by atoms with Crippen molar-refractivity contribution in [1.29, 1.82) is 5.26 Å². The lowest BCUT2D eigenvalue weighted by atomic mass is 10.2. The van der Waals surface area contributed by atoms with Crippen molar-refractivity contribution >= 4 is 16.7 Å². The van der Waals surface area contributed by atoms with Gasteiger partial charge in [-0.05, 0) is 43.3 Å². The number of fused-ring (bicyclic) bond motifs is 3. The molecule has 0 atom stereocenters. The van der Waals surface area contributed by atoms with Crippen LogP contribution < -0.4 is 10.3 Å². The lowest BCUT2D eigenvalue weighted by molar-refractivity contribution is 0.295. The first-order valence-corrected chi connectivity index (χ1v) is 8.21. The standard InChI is InChI=1S/C19H15N5O2/c1-2-23-18(25)15-5-3-4-6-16(15)24-17(21-22-19(23)24)12-26-14-9-7-13(11-20)8-10-14/h3-10H,2,12H2,1H3. The Balaban J connectivity index is 1.79. The quantitative estimate of drug-likeness (QED) is 0.567. The number of aryl methyl sites for hydroxylation is 1. The van der Waals surface area contributed by atoms with E-state index in [9.17, 15) is 4.79 Å². The molecule has 128 valence electrons. The Bertz CT molecular complexity index is 1200. The minimum atomic E-state index is -0.0810. The lowest BCUT2D eigenvalue weighted by Crippen LogP contribution is -2.22. The maximum Gasteiger partial charge on any atom is 0.262 e. The highest BCUT2D eigenvalue weighted by molar-refractivity contribution is 5.80. The summed E-state index contributed by atoms with van der Waals surface area (Å²) in [5, 5.41) is 17.9. The minimum absolute atomic E-state index is 0.0810. The van der Waals surface area contributed by atoms with Gasteiger partial charge in [0.15, 0.2) is 5.82 Å². The van der Waals surface area contributed by atoms with E-state index in [2.05, 4.69) is 16.3 Å². The molecule has 0 aliphatic rings. The van der Waals surface area contributed by atoms with Crippen LogP contribution in [-0.2, 0) is 13.2 Å². The molecule has 7 nitrogen and oxygen atoms in total. The SMILES string of the molecule is CCn1c(=O)c2ccccc2n2c(COc3ccc(C#N)cc3)nnc12. The van der Waals surface area contributed by atoms with Gasteiger partial charge in [0.05, 0.1) is 22.5 Å². The Kier molecular flexibility index (Phi) is 3.86. The molecule has 26 heavy (non-hydrogen) atoms. The average Bonchev–Trinajstić information content (AvgIpc) is 3.11. The highest BCUT2D eigenvalue weighted by atomic mass is 16.5. The van der Waals surface area contributed by atoms with Gasteiger partial charge in [-0.25, -0.2) is 0 Å². The second-order valence-electron chi connectivity index (χ2n) is 5.74. The monoisotopic (exact) mass is 345 g/mol. The van der Waals surface area contributed by atoms with Gasteiger partial charge in [-0.2, -0.15) is 5.26 Å². The third-order valence-corrected chi connectivity index (χ3v) is 4.24. The van der Waals surface area contributed by atoms with Crippen molar-refractivity contribution in [3.05, 3.63) is 70.3 Å². The van der Waals surface area contributed by atoms with Crippen molar-refractivity contribution in [1.82, 2.24) is 19.2 Å². The molecule has 0 aliphatic carbocycles. The molecule has 0 aliphatic heterocycles. The van der Waals surface area contributed by atoms with Gasteiger partial charge in [0, 0.05) is 6.54 Å². The van der Waals surface area contributed by atoms with Crippen molar-refractivity contribution in [2.24, 2.45) is 0 Å². The fraction of sp³-hybridized carbons (Fsp3) is 0.158. The van der Waals surface area contributed by atoms with Crippen molar-refractivity contribution in [3.8, 4) is 11.8 Å². The molecule has 0 radical (unpaired) electrons.